The Morgan fingerprint density at radius 2 is 1.68 bits per heavy atom. The fraction of sp³-hybridized carbons (Fsp3) is 0.750. The molecule has 6 nitrogen and oxygen atoms in total. The molecule has 0 spiro atoms. The van der Waals surface area contributed by atoms with Crippen molar-refractivity contribution in [2.45, 2.75) is 48.0 Å². The van der Waals surface area contributed by atoms with E-state index in [1.165, 1.54) is 0 Å². The summed E-state index contributed by atoms with van der Waals surface area (Å²) in [5.41, 5.74) is -0.857. The van der Waals surface area contributed by atoms with E-state index in [0.717, 1.165) is 4.90 Å². The molecule has 1 fully saturated rings. The summed E-state index contributed by atoms with van der Waals surface area (Å²) in [5.74, 6) is -1.64. The maximum Gasteiger partial charge on any atom is 0.240 e. The van der Waals surface area contributed by atoms with Crippen LogP contribution in [0.15, 0.2) is 0 Å². The second-order valence-corrected chi connectivity index (χ2v) is 7.89. The van der Waals surface area contributed by atoms with Gasteiger partial charge in [-0.1, -0.05) is 41.5 Å². The Bertz CT molecular complexity index is 497. The Morgan fingerprint density at radius 3 is 2.09 bits per heavy atom. The van der Waals surface area contributed by atoms with Crippen LogP contribution in [0.1, 0.15) is 48.0 Å². The number of likely N-dealkylation sites (tertiary alicyclic amines) is 1. The summed E-state index contributed by atoms with van der Waals surface area (Å²) in [6.45, 7) is 10.6. The van der Waals surface area contributed by atoms with E-state index in [0.29, 0.717) is 0 Å². The highest BCUT2D eigenvalue weighted by atomic mass is 16.2. The van der Waals surface area contributed by atoms with Gasteiger partial charge in [-0.15, -0.1) is 0 Å². The number of carbonyl (C=O) groups excluding carboxylic acids is 4. The van der Waals surface area contributed by atoms with Gasteiger partial charge in [-0.05, 0) is 5.41 Å². The first-order chi connectivity index (χ1) is 9.84. The Labute approximate surface area is 131 Å². The van der Waals surface area contributed by atoms with Crippen LogP contribution in [0.4, 0.5) is 0 Å². The van der Waals surface area contributed by atoms with E-state index in [9.17, 15) is 19.2 Å². The van der Waals surface area contributed by atoms with E-state index in [1.807, 2.05) is 20.8 Å². The highest BCUT2D eigenvalue weighted by Crippen LogP contribution is 2.35. The van der Waals surface area contributed by atoms with Crippen LogP contribution in [0.25, 0.3) is 0 Å². The van der Waals surface area contributed by atoms with Crippen molar-refractivity contribution in [1.29, 1.82) is 0 Å². The third-order valence-corrected chi connectivity index (χ3v) is 3.87. The van der Waals surface area contributed by atoms with E-state index in [4.69, 9.17) is 0 Å². The molecule has 3 amide bonds. The van der Waals surface area contributed by atoms with E-state index in [2.05, 4.69) is 5.32 Å². The molecule has 1 N–H and O–H groups in total. The van der Waals surface area contributed by atoms with E-state index in [-0.39, 0.29) is 42.5 Å². The molecule has 1 atom stereocenters. The fourth-order valence-corrected chi connectivity index (χ4v) is 2.17. The molecule has 1 rings (SSSR count). The lowest BCUT2D eigenvalue weighted by molar-refractivity contribution is -0.144. The number of hydrogen-bond donors (Lipinski definition) is 1. The standard InChI is InChI=1S/C16H26N2O4/c1-15(2,3)10-7-13(21)18(14(10)22)9-12(20)17-8-11(19)16(4,5)6/h10H,7-9H2,1-6H3,(H,17,20). The third-order valence-electron chi connectivity index (χ3n) is 3.87. The number of hydrogen-bond acceptors (Lipinski definition) is 4. The molecule has 1 saturated heterocycles. The number of imide groups is 1. The SMILES string of the molecule is CC(C)(C)C(=O)CNC(=O)CN1C(=O)CC(C(C)(C)C)C1=O. The molecule has 6 heteroatoms. The van der Waals surface area contributed by atoms with Crippen molar-refractivity contribution >= 4 is 23.5 Å². The molecule has 0 aliphatic carbocycles. The summed E-state index contributed by atoms with van der Waals surface area (Å²) in [6, 6.07) is 0. The van der Waals surface area contributed by atoms with Crippen LogP contribution in [-0.4, -0.2) is 41.5 Å². The molecule has 1 aliphatic heterocycles. The first kappa shape index (κ1) is 18.3. The van der Waals surface area contributed by atoms with Gasteiger partial charge in [0.25, 0.3) is 0 Å². The summed E-state index contributed by atoms with van der Waals surface area (Å²) >= 11 is 0. The summed E-state index contributed by atoms with van der Waals surface area (Å²) < 4.78 is 0. The number of carbonyl (C=O) groups is 4. The maximum atomic E-state index is 12.3. The predicted octanol–water partition coefficient (Wildman–Crippen LogP) is 1.14. The van der Waals surface area contributed by atoms with Gasteiger partial charge in [-0.2, -0.15) is 0 Å². The molecular weight excluding hydrogens is 284 g/mol. The Hall–Kier alpha value is -1.72. The van der Waals surface area contributed by atoms with Gasteiger partial charge in [0.1, 0.15) is 6.54 Å². The number of rotatable bonds is 4. The van der Waals surface area contributed by atoms with Crippen molar-refractivity contribution in [3.05, 3.63) is 0 Å². The van der Waals surface area contributed by atoms with Gasteiger partial charge in [-0.25, -0.2) is 0 Å². The molecule has 1 heterocycles. The first-order valence-electron chi connectivity index (χ1n) is 7.48. The average molecular weight is 310 g/mol. The molecule has 0 aromatic heterocycles. The summed E-state index contributed by atoms with van der Waals surface area (Å²) in [4.78, 5) is 48.8. The number of nitrogens with one attached hydrogen (secondary N) is 1. The lowest BCUT2D eigenvalue weighted by atomic mass is 9.80. The van der Waals surface area contributed by atoms with Gasteiger partial charge in [0.2, 0.25) is 17.7 Å². The molecule has 0 aromatic rings. The van der Waals surface area contributed by atoms with Gasteiger partial charge >= 0.3 is 0 Å². The lowest BCUT2D eigenvalue weighted by Gasteiger charge is -2.24. The summed E-state index contributed by atoms with van der Waals surface area (Å²) in [5, 5.41) is 2.48. The molecule has 0 saturated carbocycles. The van der Waals surface area contributed by atoms with Crippen molar-refractivity contribution in [2.24, 2.45) is 16.7 Å². The maximum absolute atomic E-state index is 12.3. The van der Waals surface area contributed by atoms with Crippen LogP contribution in [0.5, 0.6) is 0 Å². The zero-order valence-corrected chi connectivity index (χ0v) is 14.3. The number of amides is 3. The van der Waals surface area contributed by atoms with Gasteiger partial charge < -0.3 is 5.32 Å². The van der Waals surface area contributed by atoms with E-state index >= 15 is 0 Å². The number of Topliss-reactive ketones (excluding diaryl/α,β-unsaturated/α-hetero) is 1. The van der Waals surface area contributed by atoms with Crippen molar-refractivity contribution in [3.8, 4) is 0 Å². The molecule has 0 radical (unpaired) electrons. The molecule has 1 aliphatic rings. The second-order valence-electron chi connectivity index (χ2n) is 7.89. The van der Waals surface area contributed by atoms with Crippen molar-refractivity contribution < 1.29 is 19.2 Å². The Morgan fingerprint density at radius 1 is 1.14 bits per heavy atom. The summed E-state index contributed by atoms with van der Waals surface area (Å²) in [6.07, 6.45) is 0.135. The second kappa shape index (κ2) is 6.18. The number of nitrogens with zero attached hydrogens (tertiary/aromatic N) is 1. The molecule has 22 heavy (non-hydrogen) atoms. The predicted molar refractivity (Wildman–Crippen MR) is 81.8 cm³/mol. The Balaban J connectivity index is 2.60. The minimum atomic E-state index is -0.538. The molecular formula is C16H26N2O4. The zero-order chi connectivity index (χ0) is 17.3. The molecule has 124 valence electrons. The van der Waals surface area contributed by atoms with Crippen LogP contribution in [0.2, 0.25) is 0 Å². The molecule has 0 bridgehead atoms. The summed E-state index contributed by atoms with van der Waals surface area (Å²) in [7, 11) is 0. The van der Waals surface area contributed by atoms with Crippen LogP contribution in [0, 0.1) is 16.7 Å². The third kappa shape index (κ3) is 4.39. The van der Waals surface area contributed by atoms with Gasteiger partial charge in [0, 0.05) is 11.8 Å². The number of ketones is 1. The highest BCUT2D eigenvalue weighted by molar-refractivity contribution is 6.06. The monoisotopic (exact) mass is 310 g/mol. The first-order valence-corrected chi connectivity index (χ1v) is 7.48. The van der Waals surface area contributed by atoms with Gasteiger partial charge in [0.05, 0.1) is 12.5 Å². The van der Waals surface area contributed by atoms with E-state index < -0.39 is 17.2 Å². The van der Waals surface area contributed by atoms with E-state index in [1.54, 1.807) is 20.8 Å². The van der Waals surface area contributed by atoms with Crippen LogP contribution in [-0.2, 0) is 19.2 Å². The normalized spacial score (nSPS) is 19.5. The average Bonchev–Trinajstić information content (AvgIpc) is 2.62. The minimum Gasteiger partial charge on any atom is -0.347 e. The van der Waals surface area contributed by atoms with Crippen molar-refractivity contribution in [1.82, 2.24) is 10.2 Å². The lowest BCUT2D eigenvalue weighted by Crippen LogP contribution is -2.44. The van der Waals surface area contributed by atoms with Crippen LogP contribution in [0.3, 0.4) is 0 Å². The Kier molecular flexibility index (Phi) is 5.15. The topological polar surface area (TPSA) is 83.6 Å². The largest absolute Gasteiger partial charge is 0.347 e. The van der Waals surface area contributed by atoms with Crippen LogP contribution >= 0.6 is 0 Å². The quantitative estimate of drug-likeness (QED) is 0.789. The zero-order valence-electron chi connectivity index (χ0n) is 14.3. The van der Waals surface area contributed by atoms with Gasteiger partial charge in [0.15, 0.2) is 5.78 Å². The van der Waals surface area contributed by atoms with Crippen molar-refractivity contribution in [2.75, 3.05) is 13.1 Å². The molecule has 0 aromatic carbocycles. The minimum absolute atomic E-state index is 0.0960. The fourth-order valence-electron chi connectivity index (χ4n) is 2.17. The molecule has 1 unspecified atom stereocenters. The van der Waals surface area contributed by atoms with Crippen LogP contribution < -0.4 is 5.32 Å². The van der Waals surface area contributed by atoms with Gasteiger partial charge in [-0.3, -0.25) is 24.1 Å². The smallest absolute Gasteiger partial charge is 0.240 e. The van der Waals surface area contributed by atoms with Crippen molar-refractivity contribution in [3.63, 3.8) is 0 Å². The highest BCUT2D eigenvalue weighted by Gasteiger charge is 2.45.